The van der Waals surface area contributed by atoms with E-state index in [2.05, 4.69) is 5.32 Å². The third-order valence-electron chi connectivity index (χ3n) is 4.43. The highest BCUT2D eigenvalue weighted by molar-refractivity contribution is 6.00. The van der Waals surface area contributed by atoms with Crippen molar-refractivity contribution in [3.05, 3.63) is 65.2 Å². The van der Waals surface area contributed by atoms with Crippen LogP contribution in [0.2, 0.25) is 0 Å². The zero-order chi connectivity index (χ0) is 17.1. The fourth-order valence-corrected chi connectivity index (χ4v) is 2.90. The number of benzene rings is 2. The fourth-order valence-electron chi connectivity index (χ4n) is 2.90. The summed E-state index contributed by atoms with van der Waals surface area (Å²) < 4.78 is 0. The number of nitrogens with one attached hydrogen (secondary N) is 1. The van der Waals surface area contributed by atoms with Crippen molar-refractivity contribution in [2.45, 2.75) is 26.8 Å². The second-order valence-corrected chi connectivity index (χ2v) is 6.44. The zero-order valence-electron chi connectivity index (χ0n) is 14.1. The van der Waals surface area contributed by atoms with E-state index in [4.69, 9.17) is 0 Å². The van der Waals surface area contributed by atoms with Crippen LogP contribution in [-0.4, -0.2) is 18.4 Å². The van der Waals surface area contributed by atoms with Crippen molar-refractivity contribution in [1.82, 2.24) is 5.32 Å². The van der Waals surface area contributed by atoms with E-state index >= 15 is 0 Å². The molecule has 2 amide bonds. The molecule has 0 saturated carbocycles. The molecule has 1 N–H and O–H groups in total. The lowest BCUT2D eigenvalue weighted by atomic mass is 10.1. The lowest BCUT2D eigenvalue weighted by Gasteiger charge is -2.17. The van der Waals surface area contributed by atoms with Gasteiger partial charge < -0.3 is 10.2 Å². The quantitative estimate of drug-likeness (QED) is 0.941. The number of carbonyl (C=O) groups is 2. The molecule has 4 nitrogen and oxygen atoms in total. The van der Waals surface area contributed by atoms with Crippen molar-refractivity contribution in [2.24, 2.45) is 5.92 Å². The summed E-state index contributed by atoms with van der Waals surface area (Å²) in [4.78, 5) is 26.3. The van der Waals surface area contributed by atoms with Crippen LogP contribution in [0.4, 0.5) is 5.69 Å². The van der Waals surface area contributed by atoms with Gasteiger partial charge in [0.05, 0.1) is 5.92 Å². The molecule has 1 aliphatic rings. The van der Waals surface area contributed by atoms with Crippen LogP contribution in [0.3, 0.4) is 0 Å². The number of amides is 2. The van der Waals surface area contributed by atoms with Crippen LogP contribution in [0.25, 0.3) is 0 Å². The number of carbonyl (C=O) groups excluding carboxylic acids is 2. The molecular formula is C20H22N2O2. The summed E-state index contributed by atoms with van der Waals surface area (Å²) in [5.41, 5.74) is 4.27. The molecule has 0 spiro atoms. The first-order chi connectivity index (χ1) is 11.5. The number of rotatable bonds is 4. The molecular weight excluding hydrogens is 300 g/mol. The molecule has 1 heterocycles. The van der Waals surface area contributed by atoms with Gasteiger partial charge >= 0.3 is 0 Å². The maximum absolute atomic E-state index is 12.4. The van der Waals surface area contributed by atoms with Gasteiger partial charge in [-0.15, -0.1) is 0 Å². The van der Waals surface area contributed by atoms with Crippen molar-refractivity contribution in [3.63, 3.8) is 0 Å². The van der Waals surface area contributed by atoms with Crippen molar-refractivity contribution in [1.29, 1.82) is 0 Å². The summed E-state index contributed by atoms with van der Waals surface area (Å²) in [6.45, 7) is 4.99. The van der Waals surface area contributed by atoms with E-state index in [1.54, 1.807) is 4.90 Å². The lowest BCUT2D eigenvalue weighted by molar-refractivity contribution is -0.126. The van der Waals surface area contributed by atoms with Gasteiger partial charge in [0.2, 0.25) is 11.8 Å². The fraction of sp³-hybridized carbons (Fsp3) is 0.300. The van der Waals surface area contributed by atoms with Crippen LogP contribution in [-0.2, 0) is 16.1 Å². The van der Waals surface area contributed by atoms with Crippen molar-refractivity contribution >= 4 is 17.5 Å². The third-order valence-corrected chi connectivity index (χ3v) is 4.43. The van der Waals surface area contributed by atoms with Gasteiger partial charge in [0.1, 0.15) is 0 Å². The third kappa shape index (κ3) is 3.65. The molecule has 2 aromatic rings. The maximum atomic E-state index is 12.4. The Morgan fingerprint density at radius 1 is 1.04 bits per heavy atom. The first-order valence-electron chi connectivity index (χ1n) is 8.23. The maximum Gasteiger partial charge on any atom is 0.227 e. The van der Waals surface area contributed by atoms with Gasteiger partial charge in [0.25, 0.3) is 0 Å². The minimum atomic E-state index is -0.288. The Kier molecular flexibility index (Phi) is 4.65. The summed E-state index contributed by atoms with van der Waals surface area (Å²) in [6.07, 6.45) is 0.271. The van der Waals surface area contributed by atoms with Crippen LogP contribution in [0, 0.1) is 19.8 Å². The van der Waals surface area contributed by atoms with Gasteiger partial charge in [-0.1, -0.05) is 47.5 Å². The van der Waals surface area contributed by atoms with Crippen molar-refractivity contribution in [2.75, 3.05) is 11.4 Å². The molecule has 24 heavy (non-hydrogen) atoms. The first-order valence-corrected chi connectivity index (χ1v) is 8.23. The number of hydrogen-bond donors (Lipinski definition) is 1. The van der Waals surface area contributed by atoms with E-state index in [0.717, 1.165) is 16.8 Å². The van der Waals surface area contributed by atoms with E-state index in [1.807, 2.05) is 62.4 Å². The van der Waals surface area contributed by atoms with Gasteiger partial charge in [0.15, 0.2) is 0 Å². The molecule has 1 fully saturated rings. The molecule has 1 atom stereocenters. The minimum absolute atomic E-state index is 0.00865. The molecule has 1 aliphatic heterocycles. The number of hydrogen-bond acceptors (Lipinski definition) is 2. The Balaban J connectivity index is 1.59. The molecule has 0 bridgehead atoms. The van der Waals surface area contributed by atoms with Crippen LogP contribution < -0.4 is 10.2 Å². The first kappa shape index (κ1) is 16.2. The van der Waals surface area contributed by atoms with Gasteiger partial charge in [-0.2, -0.15) is 0 Å². The minimum Gasteiger partial charge on any atom is -0.352 e. The number of aryl methyl sites for hydroxylation is 2. The highest BCUT2D eigenvalue weighted by Gasteiger charge is 2.34. The van der Waals surface area contributed by atoms with E-state index in [9.17, 15) is 9.59 Å². The smallest absolute Gasteiger partial charge is 0.227 e. The predicted octanol–water partition coefficient (Wildman–Crippen LogP) is 2.97. The zero-order valence-corrected chi connectivity index (χ0v) is 14.1. The summed E-state index contributed by atoms with van der Waals surface area (Å²) in [6, 6.07) is 15.9. The Hall–Kier alpha value is -2.62. The number of nitrogens with zero attached hydrogens (tertiary/aromatic N) is 1. The summed E-state index contributed by atoms with van der Waals surface area (Å²) in [7, 11) is 0. The topological polar surface area (TPSA) is 49.4 Å². The second kappa shape index (κ2) is 6.87. The molecule has 1 saturated heterocycles. The monoisotopic (exact) mass is 322 g/mol. The molecule has 0 aromatic heterocycles. The standard InChI is InChI=1S/C20H22N2O2/c1-14-3-7-16(8-4-14)12-21-20(24)17-11-19(23)22(13-17)18-9-5-15(2)6-10-18/h3-10,17H,11-13H2,1-2H3,(H,21,24)/t17-/m0/s1. The molecule has 2 aromatic carbocycles. The highest BCUT2D eigenvalue weighted by atomic mass is 16.2. The average molecular weight is 322 g/mol. The average Bonchev–Trinajstić information content (AvgIpc) is 2.97. The van der Waals surface area contributed by atoms with Gasteiger partial charge in [0, 0.05) is 25.2 Å². The Morgan fingerprint density at radius 2 is 1.62 bits per heavy atom. The van der Waals surface area contributed by atoms with E-state index in [0.29, 0.717) is 13.1 Å². The van der Waals surface area contributed by atoms with Crippen LogP contribution >= 0.6 is 0 Å². The SMILES string of the molecule is Cc1ccc(CNC(=O)[C@H]2CC(=O)N(c3ccc(C)cc3)C2)cc1. The largest absolute Gasteiger partial charge is 0.352 e. The predicted molar refractivity (Wildman–Crippen MR) is 94.7 cm³/mol. The molecule has 0 radical (unpaired) electrons. The molecule has 4 heteroatoms. The molecule has 124 valence electrons. The van der Waals surface area contributed by atoms with E-state index < -0.39 is 0 Å². The van der Waals surface area contributed by atoms with Gasteiger partial charge in [-0.25, -0.2) is 0 Å². The van der Waals surface area contributed by atoms with Crippen molar-refractivity contribution < 1.29 is 9.59 Å². The normalized spacial score (nSPS) is 17.2. The molecule has 0 unspecified atom stereocenters. The van der Waals surface area contributed by atoms with Crippen LogP contribution in [0.5, 0.6) is 0 Å². The van der Waals surface area contributed by atoms with Crippen LogP contribution in [0.15, 0.2) is 48.5 Å². The van der Waals surface area contributed by atoms with Gasteiger partial charge in [-0.05, 0) is 31.5 Å². The van der Waals surface area contributed by atoms with Crippen molar-refractivity contribution in [3.8, 4) is 0 Å². The Morgan fingerprint density at radius 3 is 2.25 bits per heavy atom. The highest BCUT2D eigenvalue weighted by Crippen LogP contribution is 2.25. The Bertz CT molecular complexity index is 735. The Labute approximate surface area is 142 Å². The summed E-state index contributed by atoms with van der Waals surface area (Å²) in [5.74, 6) is -0.336. The summed E-state index contributed by atoms with van der Waals surface area (Å²) >= 11 is 0. The van der Waals surface area contributed by atoms with Crippen LogP contribution in [0.1, 0.15) is 23.1 Å². The van der Waals surface area contributed by atoms with E-state index in [-0.39, 0.29) is 24.2 Å². The summed E-state index contributed by atoms with van der Waals surface area (Å²) in [5, 5.41) is 2.94. The number of anilines is 1. The second-order valence-electron chi connectivity index (χ2n) is 6.44. The molecule has 0 aliphatic carbocycles. The molecule has 3 rings (SSSR count). The van der Waals surface area contributed by atoms with Gasteiger partial charge in [-0.3, -0.25) is 9.59 Å². The van der Waals surface area contributed by atoms with E-state index in [1.165, 1.54) is 5.56 Å². The lowest BCUT2D eigenvalue weighted by Crippen LogP contribution is -2.32.